The molecule has 4 rings (SSSR count). The predicted molar refractivity (Wildman–Crippen MR) is 83.4 cm³/mol. The van der Waals surface area contributed by atoms with Crippen LogP contribution in [0.25, 0.3) is 11.0 Å². The summed E-state index contributed by atoms with van der Waals surface area (Å²) in [6.45, 7) is 3.68. The highest BCUT2D eigenvalue weighted by Gasteiger charge is 2.37. The molecule has 0 radical (unpaired) electrons. The van der Waals surface area contributed by atoms with E-state index in [9.17, 15) is 9.59 Å². The Hall–Kier alpha value is -2.64. The third-order valence-electron chi connectivity index (χ3n) is 4.78. The Bertz CT molecular complexity index is 781. The van der Waals surface area contributed by atoms with Crippen LogP contribution in [-0.2, 0) is 4.74 Å². The lowest BCUT2D eigenvalue weighted by Gasteiger charge is -2.37. The second kappa shape index (κ2) is 5.77. The second-order valence-electron chi connectivity index (χ2n) is 6.32. The monoisotopic (exact) mass is 330 g/mol. The van der Waals surface area contributed by atoms with E-state index < -0.39 is 0 Å². The molecule has 0 saturated carbocycles. The molecule has 0 bridgehead atoms. The fraction of sp³-hybridized carbons (Fsp3) is 0.500. The van der Waals surface area contributed by atoms with Gasteiger partial charge in [0.2, 0.25) is 0 Å². The van der Waals surface area contributed by atoms with Crippen molar-refractivity contribution in [3.8, 4) is 0 Å². The molecule has 126 valence electrons. The zero-order valence-electron chi connectivity index (χ0n) is 13.3. The first-order valence-corrected chi connectivity index (χ1v) is 8.10. The van der Waals surface area contributed by atoms with Crippen molar-refractivity contribution < 1.29 is 19.0 Å². The van der Waals surface area contributed by atoms with Gasteiger partial charge in [0.15, 0.2) is 0 Å². The summed E-state index contributed by atoms with van der Waals surface area (Å²) in [6, 6.07) is 5.41. The zero-order valence-corrected chi connectivity index (χ0v) is 13.3. The summed E-state index contributed by atoms with van der Waals surface area (Å²) in [5.74, 6) is -0.0320. The molecule has 2 aromatic rings. The molecule has 2 saturated heterocycles. The van der Waals surface area contributed by atoms with Crippen LogP contribution in [0.4, 0.5) is 4.79 Å². The number of hydrogen-bond donors (Lipinski definition) is 0. The van der Waals surface area contributed by atoms with Crippen molar-refractivity contribution in [1.29, 1.82) is 0 Å². The number of cyclic esters (lactones) is 1. The highest BCUT2D eigenvalue weighted by atomic mass is 16.6. The molecule has 1 aromatic carbocycles. The molecule has 8 nitrogen and oxygen atoms in total. The highest BCUT2D eigenvalue weighted by molar-refractivity contribution is 5.97. The maximum Gasteiger partial charge on any atom is 0.410 e. The lowest BCUT2D eigenvalue weighted by Crippen LogP contribution is -2.49. The van der Waals surface area contributed by atoms with Gasteiger partial charge in [0.25, 0.3) is 5.91 Å². The van der Waals surface area contributed by atoms with Crippen LogP contribution in [0.15, 0.2) is 22.8 Å². The number of aromatic nitrogens is 2. The van der Waals surface area contributed by atoms with Gasteiger partial charge < -0.3 is 9.64 Å². The van der Waals surface area contributed by atoms with Gasteiger partial charge in [-0.05, 0) is 48.3 Å². The number of nitrogens with zero attached hydrogens (tertiary/aromatic N) is 4. The standard InChI is InChI=1S/C16H18N4O4/c1-10-9-23-16(22)20(10)12-4-6-19(7-5-12)15(21)11-2-3-13-14(8-11)18-24-17-13/h2-3,8,10,12H,4-7,9H2,1H3. The first-order valence-electron chi connectivity index (χ1n) is 8.10. The normalized spacial score (nSPS) is 22.2. The van der Waals surface area contributed by atoms with Crippen molar-refractivity contribution in [3.63, 3.8) is 0 Å². The Morgan fingerprint density at radius 1 is 1.21 bits per heavy atom. The Morgan fingerprint density at radius 3 is 2.67 bits per heavy atom. The molecule has 2 aliphatic heterocycles. The largest absolute Gasteiger partial charge is 0.447 e. The van der Waals surface area contributed by atoms with Gasteiger partial charge in [-0.25, -0.2) is 9.42 Å². The summed E-state index contributed by atoms with van der Waals surface area (Å²) in [6.07, 6.45) is 1.29. The van der Waals surface area contributed by atoms with Crippen molar-refractivity contribution in [2.75, 3.05) is 19.7 Å². The van der Waals surface area contributed by atoms with E-state index in [4.69, 9.17) is 4.74 Å². The average Bonchev–Trinajstić information content (AvgIpc) is 3.20. The summed E-state index contributed by atoms with van der Waals surface area (Å²) < 4.78 is 9.75. The highest BCUT2D eigenvalue weighted by Crippen LogP contribution is 2.24. The molecule has 0 aliphatic carbocycles. The molecule has 3 heterocycles. The first-order chi connectivity index (χ1) is 11.6. The molecular formula is C16H18N4O4. The summed E-state index contributed by atoms with van der Waals surface area (Å²) in [5.41, 5.74) is 1.78. The minimum atomic E-state index is -0.240. The van der Waals surface area contributed by atoms with Crippen LogP contribution in [0.3, 0.4) is 0 Å². The van der Waals surface area contributed by atoms with Gasteiger partial charge in [-0.1, -0.05) is 0 Å². The topological polar surface area (TPSA) is 88.8 Å². The second-order valence-corrected chi connectivity index (χ2v) is 6.32. The predicted octanol–water partition coefficient (Wildman–Crippen LogP) is 1.67. The molecule has 0 N–H and O–H groups in total. The molecule has 1 aromatic heterocycles. The van der Waals surface area contributed by atoms with Crippen molar-refractivity contribution in [2.24, 2.45) is 0 Å². The van der Waals surface area contributed by atoms with E-state index in [1.807, 2.05) is 16.7 Å². The van der Waals surface area contributed by atoms with Crippen molar-refractivity contribution in [3.05, 3.63) is 23.8 Å². The number of carbonyl (C=O) groups excluding carboxylic acids is 2. The first kappa shape index (κ1) is 14.9. The van der Waals surface area contributed by atoms with Crippen LogP contribution >= 0.6 is 0 Å². The summed E-state index contributed by atoms with van der Waals surface area (Å²) in [4.78, 5) is 28.1. The minimum Gasteiger partial charge on any atom is -0.447 e. The fourth-order valence-corrected chi connectivity index (χ4v) is 3.48. The van der Waals surface area contributed by atoms with E-state index in [0.717, 1.165) is 12.8 Å². The molecule has 1 unspecified atom stereocenters. The number of hydrogen-bond acceptors (Lipinski definition) is 6. The van der Waals surface area contributed by atoms with Crippen LogP contribution < -0.4 is 0 Å². The van der Waals surface area contributed by atoms with Crippen LogP contribution in [0, 0.1) is 0 Å². The molecule has 1 atom stereocenters. The van der Waals surface area contributed by atoms with Crippen molar-refractivity contribution >= 4 is 23.0 Å². The lowest BCUT2D eigenvalue weighted by atomic mass is 10.0. The smallest absolute Gasteiger partial charge is 0.410 e. The molecule has 2 fully saturated rings. The Labute approximate surface area is 138 Å². The van der Waals surface area contributed by atoms with Gasteiger partial charge >= 0.3 is 6.09 Å². The number of rotatable bonds is 2. The van der Waals surface area contributed by atoms with E-state index >= 15 is 0 Å². The number of piperidine rings is 1. The fourth-order valence-electron chi connectivity index (χ4n) is 3.48. The molecule has 0 spiro atoms. The van der Waals surface area contributed by atoms with E-state index in [1.54, 1.807) is 18.2 Å². The average molecular weight is 330 g/mol. The molecule has 8 heteroatoms. The van der Waals surface area contributed by atoms with Crippen LogP contribution in [-0.4, -0.2) is 63.9 Å². The molecule has 2 amide bonds. The van der Waals surface area contributed by atoms with E-state index in [-0.39, 0.29) is 24.1 Å². The number of ether oxygens (including phenoxy) is 1. The van der Waals surface area contributed by atoms with Gasteiger partial charge in [-0.3, -0.25) is 9.69 Å². The van der Waals surface area contributed by atoms with Crippen molar-refractivity contribution in [1.82, 2.24) is 20.1 Å². The number of amides is 2. The lowest BCUT2D eigenvalue weighted by molar-refractivity contribution is 0.0641. The van der Waals surface area contributed by atoms with Crippen LogP contribution in [0.5, 0.6) is 0 Å². The number of likely N-dealkylation sites (tertiary alicyclic amines) is 1. The van der Waals surface area contributed by atoms with Crippen LogP contribution in [0.1, 0.15) is 30.1 Å². The summed E-state index contributed by atoms with van der Waals surface area (Å²) in [7, 11) is 0. The molecule has 2 aliphatic rings. The number of benzene rings is 1. The van der Waals surface area contributed by atoms with Gasteiger partial charge in [0, 0.05) is 24.7 Å². The van der Waals surface area contributed by atoms with E-state index in [0.29, 0.717) is 36.3 Å². The maximum atomic E-state index is 12.7. The zero-order chi connectivity index (χ0) is 16.7. The third-order valence-corrected chi connectivity index (χ3v) is 4.78. The minimum absolute atomic E-state index is 0.0320. The SMILES string of the molecule is CC1COC(=O)N1C1CCN(C(=O)c2ccc3nonc3c2)CC1. The number of fused-ring (bicyclic) bond motifs is 1. The van der Waals surface area contributed by atoms with E-state index in [2.05, 4.69) is 14.9 Å². The van der Waals surface area contributed by atoms with Crippen LogP contribution in [0.2, 0.25) is 0 Å². The van der Waals surface area contributed by atoms with Crippen molar-refractivity contribution in [2.45, 2.75) is 31.8 Å². The summed E-state index contributed by atoms with van der Waals surface area (Å²) >= 11 is 0. The van der Waals surface area contributed by atoms with Gasteiger partial charge in [-0.15, -0.1) is 0 Å². The molecular weight excluding hydrogens is 312 g/mol. The Morgan fingerprint density at radius 2 is 1.96 bits per heavy atom. The summed E-state index contributed by atoms with van der Waals surface area (Å²) in [5, 5.41) is 7.51. The quantitative estimate of drug-likeness (QED) is 0.832. The number of carbonyl (C=O) groups is 2. The van der Waals surface area contributed by atoms with Gasteiger partial charge in [-0.2, -0.15) is 0 Å². The Balaban J connectivity index is 1.43. The Kier molecular flexibility index (Phi) is 3.59. The maximum absolute atomic E-state index is 12.7. The molecule has 24 heavy (non-hydrogen) atoms. The van der Waals surface area contributed by atoms with Gasteiger partial charge in [0.05, 0.1) is 6.04 Å². The van der Waals surface area contributed by atoms with E-state index in [1.165, 1.54) is 0 Å². The third kappa shape index (κ3) is 2.47. The van der Waals surface area contributed by atoms with Gasteiger partial charge in [0.1, 0.15) is 17.6 Å².